The van der Waals surface area contributed by atoms with E-state index in [1.54, 1.807) is 4.90 Å². The van der Waals surface area contributed by atoms with E-state index in [1.165, 1.54) is 6.07 Å². The first-order chi connectivity index (χ1) is 10.7. The molecule has 7 heteroatoms. The van der Waals surface area contributed by atoms with Gasteiger partial charge in [0.2, 0.25) is 0 Å². The quantitative estimate of drug-likeness (QED) is 0.773. The van der Waals surface area contributed by atoms with Crippen molar-refractivity contribution >= 4 is 29.7 Å². The third kappa shape index (κ3) is 4.34. The highest BCUT2D eigenvalue weighted by Crippen LogP contribution is 2.27. The minimum absolute atomic E-state index is 0.0276. The molecule has 0 bridgehead atoms. The summed E-state index contributed by atoms with van der Waals surface area (Å²) in [5, 5.41) is -0.0276. The molecule has 0 saturated carbocycles. The fraction of sp³-hybridized carbons (Fsp3) is 0.500. The standard InChI is InChI=1S/C16H20ClFN2O3/c1-16(2,3)23-15(22)20-6-4-19(5-7-20)14-9-12(17)13(18)8-11(14)10-21/h8-10H,4-7H2,1-3H3. The molecule has 1 aromatic carbocycles. The van der Waals surface area contributed by atoms with E-state index in [2.05, 4.69) is 0 Å². The van der Waals surface area contributed by atoms with Gasteiger partial charge in [0.25, 0.3) is 0 Å². The van der Waals surface area contributed by atoms with Gasteiger partial charge in [0.15, 0.2) is 6.29 Å². The Bertz CT molecular complexity index is 608. The number of ether oxygens (including phenoxy) is 1. The lowest BCUT2D eigenvalue weighted by Crippen LogP contribution is -2.50. The average molecular weight is 343 g/mol. The number of carbonyl (C=O) groups excluding carboxylic acids is 2. The van der Waals surface area contributed by atoms with Crippen molar-refractivity contribution in [1.82, 2.24) is 4.90 Å². The molecular formula is C16H20ClFN2O3. The van der Waals surface area contributed by atoms with Crippen molar-refractivity contribution in [2.24, 2.45) is 0 Å². The van der Waals surface area contributed by atoms with Crippen molar-refractivity contribution in [3.05, 3.63) is 28.5 Å². The number of aldehydes is 1. The summed E-state index contributed by atoms with van der Waals surface area (Å²) in [6.45, 7) is 7.41. The first kappa shape index (κ1) is 17.5. The molecule has 1 heterocycles. The van der Waals surface area contributed by atoms with Gasteiger partial charge in [-0.05, 0) is 32.9 Å². The van der Waals surface area contributed by atoms with Gasteiger partial charge in [-0.1, -0.05) is 11.6 Å². The Kier molecular flexibility index (Phi) is 5.14. The van der Waals surface area contributed by atoms with Crippen LogP contribution in [0.15, 0.2) is 12.1 Å². The number of piperazine rings is 1. The van der Waals surface area contributed by atoms with Crippen molar-refractivity contribution in [3.8, 4) is 0 Å². The van der Waals surface area contributed by atoms with Gasteiger partial charge in [0.05, 0.1) is 5.02 Å². The summed E-state index contributed by atoms with van der Waals surface area (Å²) < 4.78 is 18.8. The van der Waals surface area contributed by atoms with Crippen molar-refractivity contribution < 1.29 is 18.7 Å². The van der Waals surface area contributed by atoms with E-state index in [0.29, 0.717) is 38.2 Å². The topological polar surface area (TPSA) is 49.9 Å². The third-order valence-electron chi connectivity index (χ3n) is 3.47. The molecule has 0 spiro atoms. The lowest BCUT2D eigenvalue weighted by Gasteiger charge is -2.37. The molecule has 0 aliphatic carbocycles. The predicted molar refractivity (Wildman–Crippen MR) is 86.8 cm³/mol. The zero-order valence-electron chi connectivity index (χ0n) is 13.4. The van der Waals surface area contributed by atoms with E-state index in [-0.39, 0.29) is 16.7 Å². The number of benzene rings is 1. The monoisotopic (exact) mass is 342 g/mol. The van der Waals surface area contributed by atoms with Crippen LogP contribution in [0.5, 0.6) is 0 Å². The maximum Gasteiger partial charge on any atom is 0.410 e. The molecule has 1 fully saturated rings. The number of nitrogens with zero attached hydrogens (tertiary/aromatic N) is 2. The molecule has 0 unspecified atom stereocenters. The normalized spacial score (nSPS) is 15.5. The van der Waals surface area contributed by atoms with E-state index in [4.69, 9.17) is 16.3 Å². The smallest absolute Gasteiger partial charge is 0.410 e. The lowest BCUT2D eigenvalue weighted by atomic mass is 10.1. The second-order valence-electron chi connectivity index (χ2n) is 6.40. The molecule has 23 heavy (non-hydrogen) atoms. The second kappa shape index (κ2) is 6.74. The van der Waals surface area contributed by atoms with Crippen LogP contribution in [-0.4, -0.2) is 49.1 Å². The molecule has 1 aliphatic rings. The number of hydrogen-bond acceptors (Lipinski definition) is 4. The van der Waals surface area contributed by atoms with Gasteiger partial charge in [0, 0.05) is 37.4 Å². The molecule has 1 aromatic rings. The van der Waals surface area contributed by atoms with Crippen LogP contribution in [0, 0.1) is 5.82 Å². The van der Waals surface area contributed by atoms with E-state index in [1.807, 2.05) is 25.7 Å². The Morgan fingerprint density at radius 2 is 1.87 bits per heavy atom. The summed E-state index contributed by atoms with van der Waals surface area (Å²) in [7, 11) is 0. The molecule has 0 N–H and O–H groups in total. The van der Waals surface area contributed by atoms with Crippen LogP contribution in [0.1, 0.15) is 31.1 Å². The van der Waals surface area contributed by atoms with Gasteiger partial charge >= 0.3 is 6.09 Å². The summed E-state index contributed by atoms with van der Waals surface area (Å²) in [4.78, 5) is 26.7. The highest BCUT2D eigenvalue weighted by Gasteiger charge is 2.27. The molecule has 1 saturated heterocycles. The zero-order valence-corrected chi connectivity index (χ0v) is 14.2. The van der Waals surface area contributed by atoms with Crippen molar-refractivity contribution in [3.63, 3.8) is 0 Å². The van der Waals surface area contributed by atoms with Gasteiger partial charge in [-0.3, -0.25) is 4.79 Å². The van der Waals surface area contributed by atoms with Crippen molar-refractivity contribution in [1.29, 1.82) is 0 Å². The Hall–Kier alpha value is -1.82. The second-order valence-corrected chi connectivity index (χ2v) is 6.80. The molecule has 1 aliphatic heterocycles. The number of hydrogen-bond donors (Lipinski definition) is 0. The van der Waals surface area contributed by atoms with Crippen LogP contribution in [0.3, 0.4) is 0 Å². The van der Waals surface area contributed by atoms with Crippen LogP contribution in [0.4, 0.5) is 14.9 Å². The number of halogens is 2. The Labute approximate surface area is 140 Å². The highest BCUT2D eigenvalue weighted by molar-refractivity contribution is 6.31. The molecule has 5 nitrogen and oxygen atoms in total. The average Bonchev–Trinajstić information content (AvgIpc) is 2.48. The van der Waals surface area contributed by atoms with Crippen LogP contribution < -0.4 is 4.90 Å². The van der Waals surface area contributed by atoms with E-state index in [9.17, 15) is 14.0 Å². The number of amides is 1. The molecule has 2 rings (SSSR count). The molecule has 0 aromatic heterocycles. The Morgan fingerprint density at radius 3 is 2.39 bits per heavy atom. The maximum absolute atomic E-state index is 13.5. The predicted octanol–water partition coefficient (Wildman–Crippen LogP) is 3.35. The van der Waals surface area contributed by atoms with Crippen molar-refractivity contribution in [2.45, 2.75) is 26.4 Å². The van der Waals surface area contributed by atoms with E-state index in [0.717, 1.165) is 6.07 Å². The summed E-state index contributed by atoms with van der Waals surface area (Å²) in [6, 6.07) is 2.58. The van der Waals surface area contributed by atoms with Gasteiger partial charge in [0.1, 0.15) is 11.4 Å². The Morgan fingerprint density at radius 1 is 1.26 bits per heavy atom. The zero-order chi connectivity index (χ0) is 17.2. The molecule has 0 radical (unpaired) electrons. The first-order valence-electron chi connectivity index (χ1n) is 7.38. The van der Waals surface area contributed by atoms with Gasteiger partial charge in [-0.25, -0.2) is 9.18 Å². The molecular weight excluding hydrogens is 323 g/mol. The molecule has 126 valence electrons. The number of carbonyl (C=O) groups is 2. The van der Waals surface area contributed by atoms with E-state index < -0.39 is 11.4 Å². The minimum atomic E-state index is -0.620. The summed E-state index contributed by atoms with van der Waals surface area (Å²) >= 11 is 5.81. The molecule has 1 amide bonds. The van der Waals surface area contributed by atoms with Crippen LogP contribution in [0.25, 0.3) is 0 Å². The largest absolute Gasteiger partial charge is 0.444 e. The first-order valence-corrected chi connectivity index (χ1v) is 7.76. The fourth-order valence-electron chi connectivity index (χ4n) is 2.38. The molecule has 0 atom stereocenters. The Balaban J connectivity index is 2.06. The third-order valence-corrected chi connectivity index (χ3v) is 3.76. The summed E-state index contributed by atoms with van der Waals surface area (Å²) in [5.74, 6) is -0.620. The minimum Gasteiger partial charge on any atom is -0.444 e. The highest BCUT2D eigenvalue weighted by atomic mass is 35.5. The number of anilines is 1. The van der Waals surface area contributed by atoms with Crippen LogP contribution in [-0.2, 0) is 4.74 Å². The number of rotatable bonds is 2. The van der Waals surface area contributed by atoms with E-state index >= 15 is 0 Å². The van der Waals surface area contributed by atoms with Crippen LogP contribution >= 0.6 is 11.6 Å². The van der Waals surface area contributed by atoms with Gasteiger partial charge in [-0.15, -0.1) is 0 Å². The fourth-order valence-corrected chi connectivity index (χ4v) is 2.53. The summed E-state index contributed by atoms with van der Waals surface area (Å²) in [5.41, 5.74) is 0.288. The summed E-state index contributed by atoms with van der Waals surface area (Å²) in [6.07, 6.45) is 0.250. The van der Waals surface area contributed by atoms with Crippen LogP contribution in [0.2, 0.25) is 5.02 Å². The van der Waals surface area contributed by atoms with Gasteiger partial charge < -0.3 is 14.5 Å². The maximum atomic E-state index is 13.5. The van der Waals surface area contributed by atoms with Gasteiger partial charge in [-0.2, -0.15) is 0 Å². The van der Waals surface area contributed by atoms with Crippen molar-refractivity contribution in [2.75, 3.05) is 31.1 Å². The lowest BCUT2D eigenvalue weighted by molar-refractivity contribution is 0.0240. The SMILES string of the molecule is CC(C)(C)OC(=O)N1CCN(c2cc(Cl)c(F)cc2C=O)CC1.